The molecule has 0 aliphatic carbocycles. The summed E-state index contributed by atoms with van der Waals surface area (Å²) < 4.78 is 2.46. The highest BCUT2D eigenvalue weighted by atomic mass is 32.1. The Labute approximate surface area is 185 Å². The standard InChI is InChI=1S/C29H21NS/c1-20-27(21-12-4-2-5-13-21)28(22-14-6-3-7-15-22)29(31-20)30-25-18-10-8-16-23(25)24-17-9-11-19-26(24)30/h2-19H,1H3. The van der Waals surface area contributed by atoms with Crippen LogP contribution in [0.2, 0.25) is 0 Å². The molecule has 0 fully saturated rings. The largest absolute Gasteiger partial charge is 0.300 e. The van der Waals surface area contributed by atoms with Gasteiger partial charge in [0, 0.05) is 26.8 Å². The molecule has 0 saturated heterocycles. The van der Waals surface area contributed by atoms with Crippen LogP contribution in [-0.2, 0) is 0 Å². The maximum atomic E-state index is 2.46. The number of aromatic nitrogens is 1. The fraction of sp³-hybridized carbons (Fsp3) is 0.0345. The van der Waals surface area contributed by atoms with Crippen molar-refractivity contribution < 1.29 is 0 Å². The lowest BCUT2D eigenvalue weighted by atomic mass is 9.96. The monoisotopic (exact) mass is 415 g/mol. The highest BCUT2D eigenvalue weighted by Gasteiger charge is 2.22. The van der Waals surface area contributed by atoms with Gasteiger partial charge in [0.25, 0.3) is 0 Å². The maximum absolute atomic E-state index is 2.46. The highest BCUT2D eigenvalue weighted by Crippen LogP contribution is 2.47. The SMILES string of the molecule is Cc1sc(-n2c3ccccc3c3ccccc32)c(-c2ccccc2)c1-c1ccccc1. The molecule has 6 rings (SSSR count). The van der Waals surface area contributed by atoms with Crippen LogP contribution in [0.4, 0.5) is 0 Å². The van der Waals surface area contributed by atoms with E-state index in [2.05, 4.69) is 121 Å². The van der Waals surface area contributed by atoms with Gasteiger partial charge < -0.3 is 4.57 Å². The molecule has 6 aromatic rings. The van der Waals surface area contributed by atoms with Crippen molar-refractivity contribution in [2.75, 3.05) is 0 Å². The third-order valence-electron chi connectivity index (χ3n) is 5.97. The van der Waals surface area contributed by atoms with Crippen LogP contribution in [0.25, 0.3) is 49.1 Å². The molecule has 0 aliphatic heterocycles. The Morgan fingerprint density at radius 2 is 0.968 bits per heavy atom. The topological polar surface area (TPSA) is 4.93 Å². The number of hydrogen-bond acceptors (Lipinski definition) is 1. The lowest BCUT2D eigenvalue weighted by Crippen LogP contribution is -1.94. The highest BCUT2D eigenvalue weighted by molar-refractivity contribution is 7.15. The molecule has 0 bridgehead atoms. The van der Waals surface area contributed by atoms with Gasteiger partial charge >= 0.3 is 0 Å². The minimum atomic E-state index is 1.25. The normalized spacial score (nSPS) is 11.4. The molecule has 148 valence electrons. The van der Waals surface area contributed by atoms with E-state index >= 15 is 0 Å². The summed E-state index contributed by atoms with van der Waals surface area (Å²) in [5.74, 6) is 0. The Kier molecular flexibility index (Phi) is 4.26. The van der Waals surface area contributed by atoms with Gasteiger partial charge in [0.05, 0.1) is 11.0 Å². The Balaban J connectivity index is 1.77. The molecule has 0 radical (unpaired) electrons. The molecule has 0 amide bonds. The molecule has 0 saturated carbocycles. The molecule has 31 heavy (non-hydrogen) atoms. The van der Waals surface area contributed by atoms with Gasteiger partial charge in [-0.2, -0.15) is 0 Å². The van der Waals surface area contributed by atoms with Crippen LogP contribution >= 0.6 is 11.3 Å². The summed E-state index contributed by atoms with van der Waals surface area (Å²) >= 11 is 1.88. The minimum Gasteiger partial charge on any atom is -0.300 e. The van der Waals surface area contributed by atoms with Crippen molar-refractivity contribution in [2.24, 2.45) is 0 Å². The van der Waals surface area contributed by atoms with Crippen molar-refractivity contribution >= 4 is 33.1 Å². The second-order valence-corrected chi connectivity index (χ2v) is 9.02. The van der Waals surface area contributed by atoms with E-state index in [0.29, 0.717) is 0 Å². The molecular formula is C29H21NS. The van der Waals surface area contributed by atoms with E-state index in [1.807, 2.05) is 11.3 Å². The lowest BCUT2D eigenvalue weighted by molar-refractivity contribution is 1.22. The third kappa shape index (κ3) is 2.83. The molecule has 0 aliphatic rings. The van der Waals surface area contributed by atoms with Crippen molar-refractivity contribution in [1.29, 1.82) is 0 Å². The first kappa shape index (κ1) is 18.2. The van der Waals surface area contributed by atoms with E-state index in [0.717, 1.165) is 0 Å². The summed E-state index contributed by atoms with van der Waals surface area (Å²) in [6, 6.07) is 39.1. The number of nitrogens with zero attached hydrogens (tertiary/aromatic N) is 1. The molecule has 0 N–H and O–H groups in total. The molecule has 2 aromatic heterocycles. The number of thiophene rings is 1. The number of fused-ring (bicyclic) bond motifs is 3. The van der Waals surface area contributed by atoms with Crippen molar-refractivity contribution in [3.05, 3.63) is 114 Å². The zero-order chi connectivity index (χ0) is 20.8. The average Bonchev–Trinajstić information content (AvgIpc) is 3.35. The van der Waals surface area contributed by atoms with Crippen molar-refractivity contribution in [1.82, 2.24) is 4.57 Å². The van der Waals surface area contributed by atoms with Crippen LogP contribution in [0, 0.1) is 6.92 Å². The first-order valence-electron chi connectivity index (χ1n) is 10.6. The van der Waals surface area contributed by atoms with E-state index < -0.39 is 0 Å². The van der Waals surface area contributed by atoms with E-state index in [9.17, 15) is 0 Å². The van der Waals surface area contributed by atoms with Gasteiger partial charge in [0.15, 0.2) is 0 Å². The van der Waals surface area contributed by atoms with Crippen LogP contribution in [0.5, 0.6) is 0 Å². The van der Waals surface area contributed by atoms with Gasteiger partial charge in [-0.15, -0.1) is 11.3 Å². The summed E-state index contributed by atoms with van der Waals surface area (Å²) in [5.41, 5.74) is 7.66. The molecule has 1 nitrogen and oxygen atoms in total. The van der Waals surface area contributed by atoms with Crippen LogP contribution in [0.15, 0.2) is 109 Å². The molecule has 0 atom stereocenters. The molecule has 2 heteroatoms. The number of para-hydroxylation sites is 2. The Hall–Kier alpha value is -3.62. The van der Waals surface area contributed by atoms with E-state index in [4.69, 9.17) is 0 Å². The van der Waals surface area contributed by atoms with Crippen LogP contribution < -0.4 is 0 Å². The fourth-order valence-electron chi connectivity index (χ4n) is 4.65. The fourth-order valence-corrected chi connectivity index (χ4v) is 5.88. The van der Waals surface area contributed by atoms with Crippen LogP contribution in [0.3, 0.4) is 0 Å². The Bertz CT molecular complexity index is 1470. The molecular weight excluding hydrogens is 394 g/mol. The summed E-state index contributed by atoms with van der Waals surface area (Å²) in [7, 11) is 0. The second-order valence-electron chi connectivity index (χ2n) is 7.82. The second kappa shape index (κ2) is 7.26. The van der Waals surface area contributed by atoms with E-state index in [1.54, 1.807) is 0 Å². The minimum absolute atomic E-state index is 1.25. The Morgan fingerprint density at radius 1 is 0.516 bits per heavy atom. The van der Waals surface area contributed by atoms with Crippen LogP contribution in [-0.4, -0.2) is 4.57 Å². The number of aryl methyl sites for hydroxylation is 1. The third-order valence-corrected chi connectivity index (χ3v) is 7.06. The maximum Gasteiger partial charge on any atom is 0.109 e. The zero-order valence-electron chi connectivity index (χ0n) is 17.2. The zero-order valence-corrected chi connectivity index (χ0v) is 18.1. The first-order valence-corrected chi connectivity index (χ1v) is 11.4. The van der Waals surface area contributed by atoms with Gasteiger partial charge in [-0.1, -0.05) is 97.1 Å². The Morgan fingerprint density at radius 3 is 1.52 bits per heavy atom. The van der Waals surface area contributed by atoms with E-state index in [1.165, 1.54) is 53.9 Å². The van der Waals surface area contributed by atoms with Gasteiger partial charge in [-0.25, -0.2) is 0 Å². The predicted molar refractivity (Wildman–Crippen MR) is 134 cm³/mol. The molecule has 0 spiro atoms. The number of hydrogen-bond donors (Lipinski definition) is 0. The number of benzene rings is 4. The van der Waals surface area contributed by atoms with Gasteiger partial charge in [0.1, 0.15) is 5.00 Å². The summed E-state index contributed by atoms with van der Waals surface area (Å²) in [6.07, 6.45) is 0. The van der Waals surface area contributed by atoms with Gasteiger partial charge in [-0.05, 0) is 30.2 Å². The van der Waals surface area contributed by atoms with Crippen LogP contribution in [0.1, 0.15) is 4.88 Å². The molecule has 4 aromatic carbocycles. The smallest absolute Gasteiger partial charge is 0.109 e. The predicted octanol–water partition coefficient (Wildman–Crippen LogP) is 8.49. The van der Waals surface area contributed by atoms with Gasteiger partial charge in [0.2, 0.25) is 0 Å². The van der Waals surface area contributed by atoms with Gasteiger partial charge in [-0.3, -0.25) is 0 Å². The van der Waals surface area contributed by atoms with Crippen molar-refractivity contribution in [3.63, 3.8) is 0 Å². The summed E-state index contributed by atoms with van der Waals surface area (Å²) in [6.45, 7) is 2.25. The average molecular weight is 416 g/mol. The van der Waals surface area contributed by atoms with Crippen molar-refractivity contribution in [3.8, 4) is 27.3 Å². The first-order chi connectivity index (χ1) is 15.3. The summed E-state index contributed by atoms with van der Waals surface area (Å²) in [5, 5.41) is 3.87. The quantitative estimate of drug-likeness (QED) is 0.273. The summed E-state index contributed by atoms with van der Waals surface area (Å²) in [4.78, 5) is 1.34. The molecule has 2 heterocycles. The molecule has 0 unspecified atom stereocenters. The lowest BCUT2D eigenvalue weighted by Gasteiger charge is -2.12. The van der Waals surface area contributed by atoms with Crippen molar-refractivity contribution in [2.45, 2.75) is 6.92 Å². The number of rotatable bonds is 3. The van der Waals surface area contributed by atoms with E-state index in [-0.39, 0.29) is 0 Å².